The van der Waals surface area contributed by atoms with Crippen LogP contribution in [0.1, 0.15) is 49.0 Å². The maximum absolute atomic E-state index is 12.5. The molecular formula is C16H23NO2. The predicted octanol–water partition coefficient (Wildman–Crippen LogP) is 3.35. The number of phenolic OH excluding ortho intramolecular Hbond substituents is 1. The Hall–Kier alpha value is -1.51. The van der Waals surface area contributed by atoms with Gasteiger partial charge in [0.25, 0.3) is 5.91 Å². The van der Waals surface area contributed by atoms with E-state index in [1.165, 1.54) is 6.42 Å². The maximum atomic E-state index is 12.5. The summed E-state index contributed by atoms with van der Waals surface area (Å²) in [6, 6.07) is 4.95. The fourth-order valence-corrected chi connectivity index (χ4v) is 2.66. The Morgan fingerprint density at radius 1 is 1.37 bits per heavy atom. The van der Waals surface area contributed by atoms with Gasteiger partial charge < -0.3 is 10.0 Å². The average Bonchev–Trinajstić information content (AvgIpc) is 2.39. The molecule has 1 saturated heterocycles. The molecule has 1 aliphatic heterocycles. The lowest BCUT2D eigenvalue weighted by molar-refractivity contribution is 0.0599. The van der Waals surface area contributed by atoms with Crippen LogP contribution in [-0.2, 0) is 0 Å². The highest BCUT2D eigenvalue weighted by atomic mass is 16.3. The zero-order valence-electron chi connectivity index (χ0n) is 12.1. The van der Waals surface area contributed by atoms with E-state index in [-0.39, 0.29) is 11.7 Å². The standard InChI is InChI=1S/C16H23NO2/c1-4-16(3)7-9-17(10-8-16)15(19)14-6-5-13(18)11-12(14)2/h5-6,11,18H,4,7-10H2,1-3H3. The minimum atomic E-state index is 0.0932. The maximum Gasteiger partial charge on any atom is 0.254 e. The normalized spacial score (nSPS) is 18.4. The second kappa shape index (κ2) is 5.24. The van der Waals surface area contributed by atoms with E-state index in [1.54, 1.807) is 18.2 Å². The van der Waals surface area contributed by atoms with Gasteiger partial charge in [0.15, 0.2) is 0 Å². The van der Waals surface area contributed by atoms with Crippen LogP contribution in [0.2, 0.25) is 0 Å². The van der Waals surface area contributed by atoms with Gasteiger partial charge in [-0.15, -0.1) is 0 Å². The van der Waals surface area contributed by atoms with E-state index in [0.717, 1.165) is 31.5 Å². The number of phenols is 1. The summed E-state index contributed by atoms with van der Waals surface area (Å²) >= 11 is 0. The third-order valence-corrected chi connectivity index (χ3v) is 4.55. The molecule has 2 rings (SSSR count). The topological polar surface area (TPSA) is 40.5 Å². The lowest BCUT2D eigenvalue weighted by atomic mass is 9.78. The molecule has 1 aliphatic rings. The molecule has 0 radical (unpaired) electrons. The smallest absolute Gasteiger partial charge is 0.254 e. The summed E-state index contributed by atoms with van der Waals surface area (Å²) in [6.07, 6.45) is 3.33. The largest absolute Gasteiger partial charge is 0.508 e. The lowest BCUT2D eigenvalue weighted by Crippen LogP contribution is -2.42. The van der Waals surface area contributed by atoms with Gasteiger partial charge in [-0.3, -0.25) is 4.79 Å². The summed E-state index contributed by atoms with van der Waals surface area (Å²) in [5.74, 6) is 0.307. The van der Waals surface area contributed by atoms with Gasteiger partial charge in [-0.25, -0.2) is 0 Å². The Morgan fingerprint density at radius 3 is 2.53 bits per heavy atom. The predicted molar refractivity (Wildman–Crippen MR) is 76.4 cm³/mol. The van der Waals surface area contributed by atoms with E-state index >= 15 is 0 Å². The van der Waals surface area contributed by atoms with E-state index in [2.05, 4.69) is 13.8 Å². The molecule has 3 nitrogen and oxygen atoms in total. The lowest BCUT2D eigenvalue weighted by Gasteiger charge is -2.39. The van der Waals surface area contributed by atoms with Crippen molar-refractivity contribution in [2.45, 2.75) is 40.0 Å². The number of aromatic hydroxyl groups is 1. The second-order valence-corrected chi connectivity index (χ2v) is 5.96. The summed E-state index contributed by atoms with van der Waals surface area (Å²) < 4.78 is 0. The first-order valence-electron chi connectivity index (χ1n) is 7.04. The average molecular weight is 261 g/mol. The molecule has 0 aromatic heterocycles. The van der Waals surface area contributed by atoms with Crippen molar-refractivity contribution in [1.82, 2.24) is 4.90 Å². The zero-order chi connectivity index (χ0) is 14.0. The minimum absolute atomic E-state index is 0.0932. The van der Waals surface area contributed by atoms with Gasteiger partial charge >= 0.3 is 0 Å². The number of benzene rings is 1. The van der Waals surface area contributed by atoms with Crippen molar-refractivity contribution in [3.05, 3.63) is 29.3 Å². The Kier molecular flexibility index (Phi) is 3.83. The number of piperidine rings is 1. The van der Waals surface area contributed by atoms with Crippen LogP contribution in [-0.4, -0.2) is 29.0 Å². The van der Waals surface area contributed by atoms with Crippen molar-refractivity contribution in [3.8, 4) is 5.75 Å². The molecule has 1 N–H and O–H groups in total. The molecule has 0 bridgehead atoms. The quantitative estimate of drug-likeness (QED) is 0.887. The van der Waals surface area contributed by atoms with Crippen molar-refractivity contribution in [3.63, 3.8) is 0 Å². The molecule has 0 saturated carbocycles. The molecule has 0 atom stereocenters. The summed E-state index contributed by atoms with van der Waals surface area (Å²) in [4.78, 5) is 14.4. The van der Waals surface area contributed by atoms with Crippen molar-refractivity contribution in [2.24, 2.45) is 5.41 Å². The monoisotopic (exact) mass is 261 g/mol. The molecule has 0 spiro atoms. The highest BCUT2D eigenvalue weighted by Gasteiger charge is 2.30. The Morgan fingerprint density at radius 2 is 2.00 bits per heavy atom. The molecule has 19 heavy (non-hydrogen) atoms. The summed E-state index contributed by atoms with van der Waals surface area (Å²) in [7, 11) is 0. The number of rotatable bonds is 2. The van der Waals surface area contributed by atoms with E-state index in [9.17, 15) is 9.90 Å². The van der Waals surface area contributed by atoms with Crippen LogP contribution in [0.4, 0.5) is 0 Å². The third-order valence-electron chi connectivity index (χ3n) is 4.55. The number of nitrogens with zero attached hydrogens (tertiary/aromatic N) is 1. The minimum Gasteiger partial charge on any atom is -0.508 e. The highest BCUT2D eigenvalue weighted by molar-refractivity contribution is 5.95. The number of carbonyl (C=O) groups excluding carboxylic acids is 1. The van der Waals surface area contributed by atoms with Gasteiger partial charge in [0.2, 0.25) is 0 Å². The van der Waals surface area contributed by atoms with Gasteiger partial charge in [0.05, 0.1) is 0 Å². The number of amides is 1. The number of carbonyl (C=O) groups is 1. The van der Waals surface area contributed by atoms with E-state index in [1.807, 2.05) is 11.8 Å². The van der Waals surface area contributed by atoms with E-state index < -0.39 is 0 Å². The number of likely N-dealkylation sites (tertiary alicyclic amines) is 1. The van der Waals surface area contributed by atoms with Crippen molar-refractivity contribution in [1.29, 1.82) is 0 Å². The molecular weight excluding hydrogens is 238 g/mol. The van der Waals surface area contributed by atoms with Crippen LogP contribution in [0.5, 0.6) is 5.75 Å². The zero-order valence-corrected chi connectivity index (χ0v) is 12.1. The number of hydrogen-bond donors (Lipinski definition) is 1. The van der Waals surface area contributed by atoms with Crippen LogP contribution in [0.25, 0.3) is 0 Å². The summed E-state index contributed by atoms with van der Waals surface area (Å²) in [5.41, 5.74) is 1.94. The Labute approximate surface area is 115 Å². The Bertz CT molecular complexity index is 474. The van der Waals surface area contributed by atoms with Gasteiger partial charge in [0.1, 0.15) is 5.75 Å². The first-order chi connectivity index (χ1) is 8.95. The molecule has 104 valence electrons. The molecule has 1 amide bonds. The van der Waals surface area contributed by atoms with Crippen molar-refractivity contribution in [2.75, 3.05) is 13.1 Å². The molecule has 1 fully saturated rings. The third kappa shape index (κ3) is 2.91. The summed E-state index contributed by atoms with van der Waals surface area (Å²) in [5, 5.41) is 9.41. The van der Waals surface area contributed by atoms with Crippen LogP contribution in [0.15, 0.2) is 18.2 Å². The molecule has 1 aromatic rings. The van der Waals surface area contributed by atoms with Gasteiger partial charge in [-0.05, 0) is 48.9 Å². The van der Waals surface area contributed by atoms with E-state index in [4.69, 9.17) is 0 Å². The van der Waals surface area contributed by atoms with Crippen LogP contribution in [0, 0.1) is 12.3 Å². The van der Waals surface area contributed by atoms with Crippen molar-refractivity contribution >= 4 is 5.91 Å². The SMILES string of the molecule is CCC1(C)CCN(C(=O)c2ccc(O)cc2C)CC1. The first-order valence-corrected chi connectivity index (χ1v) is 7.04. The fraction of sp³-hybridized carbons (Fsp3) is 0.562. The Balaban J connectivity index is 2.09. The van der Waals surface area contributed by atoms with Crippen LogP contribution < -0.4 is 0 Å². The first kappa shape index (κ1) is 13.9. The van der Waals surface area contributed by atoms with Gasteiger partial charge in [0, 0.05) is 18.7 Å². The van der Waals surface area contributed by atoms with E-state index in [0.29, 0.717) is 11.0 Å². The van der Waals surface area contributed by atoms with Gasteiger partial charge in [-0.2, -0.15) is 0 Å². The molecule has 1 aromatic carbocycles. The number of hydrogen-bond acceptors (Lipinski definition) is 2. The molecule has 0 aliphatic carbocycles. The fourth-order valence-electron chi connectivity index (χ4n) is 2.66. The second-order valence-electron chi connectivity index (χ2n) is 5.96. The molecule has 3 heteroatoms. The number of aryl methyl sites for hydroxylation is 1. The van der Waals surface area contributed by atoms with Gasteiger partial charge in [-0.1, -0.05) is 20.3 Å². The highest BCUT2D eigenvalue weighted by Crippen LogP contribution is 2.34. The molecule has 1 heterocycles. The molecule has 0 unspecified atom stereocenters. The van der Waals surface area contributed by atoms with Crippen LogP contribution in [0.3, 0.4) is 0 Å². The van der Waals surface area contributed by atoms with Crippen LogP contribution >= 0.6 is 0 Å². The van der Waals surface area contributed by atoms with Crippen molar-refractivity contribution < 1.29 is 9.90 Å². The summed E-state index contributed by atoms with van der Waals surface area (Å²) in [6.45, 7) is 8.07.